The van der Waals surface area contributed by atoms with Crippen molar-refractivity contribution < 1.29 is 4.79 Å². The lowest BCUT2D eigenvalue weighted by molar-refractivity contribution is -0.116. The Hall–Kier alpha value is -0.780. The van der Waals surface area contributed by atoms with Crippen LogP contribution in [0.1, 0.15) is 12.1 Å². The number of hydrogen-bond acceptors (Lipinski definition) is 4. The Morgan fingerprint density at radius 2 is 2.44 bits per heavy atom. The SMILES string of the molecule is Cc1ccc(NC(=O)CC2CSCCN2)cn1.Cl. The fourth-order valence-electron chi connectivity index (χ4n) is 1.73. The van der Waals surface area contributed by atoms with Crippen molar-refractivity contribution in [1.29, 1.82) is 0 Å². The van der Waals surface area contributed by atoms with Gasteiger partial charge in [0, 0.05) is 36.2 Å². The minimum absolute atomic E-state index is 0. The summed E-state index contributed by atoms with van der Waals surface area (Å²) < 4.78 is 0. The van der Waals surface area contributed by atoms with Gasteiger partial charge in [0.2, 0.25) is 5.91 Å². The molecule has 1 aromatic heterocycles. The average molecular weight is 288 g/mol. The van der Waals surface area contributed by atoms with Gasteiger partial charge < -0.3 is 10.6 Å². The van der Waals surface area contributed by atoms with Crippen LogP contribution in [-0.2, 0) is 4.79 Å². The molecular formula is C12H18ClN3OS. The van der Waals surface area contributed by atoms with Crippen molar-refractivity contribution in [2.24, 2.45) is 0 Å². The molecule has 6 heteroatoms. The van der Waals surface area contributed by atoms with Gasteiger partial charge in [-0.3, -0.25) is 9.78 Å². The molecule has 2 N–H and O–H groups in total. The van der Waals surface area contributed by atoms with Gasteiger partial charge in [-0.1, -0.05) is 0 Å². The number of thioether (sulfide) groups is 1. The Kier molecular flexibility index (Phi) is 6.46. The van der Waals surface area contributed by atoms with Crippen molar-refractivity contribution in [3.05, 3.63) is 24.0 Å². The molecule has 18 heavy (non-hydrogen) atoms. The first-order chi connectivity index (χ1) is 8.24. The summed E-state index contributed by atoms with van der Waals surface area (Å²) in [5.41, 5.74) is 1.72. The lowest BCUT2D eigenvalue weighted by atomic mass is 10.2. The summed E-state index contributed by atoms with van der Waals surface area (Å²) in [6.07, 6.45) is 2.22. The third kappa shape index (κ3) is 4.84. The standard InChI is InChI=1S/C12H17N3OS.ClH/c1-9-2-3-10(7-14-9)15-12(16)6-11-8-17-5-4-13-11;/h2-3,7,11,13H,4-6,8H2,1H3,(H,15,16);1H. The third-order valence-corrected chi connectivity index (χ3v) is 3.76. The topological polar surface area (TPSA) is 54.0 Å². The Morgan fingerprint density at radius 1 is 1.61 bits per heavy atom. The van der Waals surface area contributed by atoms with Crippen LogP contribution in [0.2, 0.25) is 0 Å². The molecule has 2 rings (SSSR count). The van der Waals surface area contributed by atoms with E-state index < -0.39 is 0 Å². The van der Waals surface area contributed by atoms with E-state index in [1.807, 2.05) is 30.8 Å². The number of carbonyl (C=O) groups excluding carboxylic acids is 1. The molecule has 100 valence electrons. The molecule has 0 radical (unpaired) electrons. The Bertz CT molecular complexity index is 379. The zero-order valence-corrected chi connectivity index (χ0v) is 11.9. The van der Waals surface area contributed by atoms with Crippen LogP contribution in [0.5, 0.6) is 0 Å². The summed E-state index contributed by atoms with van der Waals surface area (Å²) in [7, 11) is 0. The lowest BCUT2D eigenvalue weighted by Crippen LogP contribution is -2.39. The predicted molar refractivity (Wildman–Crippen MR) is 78.6 cm³/mol. The van der Waals surface area contributed by atoms with E-state index in [0.29, 0.717) is 12.5 Å². The summed E-state index contributed by atoms with van der Waals surface area (Å²) in [6.45, 7) is 2.92. The summed E-state index contributed by atoms with van der Waals surface area (Å²) in [6, 6.07) is 4.07. The Labute approximate surface area is 118 Å². The van der Waals surface area contributed by atoms with Gasteiger partial charge in [0.25, 0.3) is 0 Å². The van der Waals surface area contributed by atoms with Gasteiger partial charge in [-0.15, -0.1) is 12.4 Å². The molecule has 1 amide bonds. The third-order valence-electron chi connectivity index (χ3n) is 2.63. The van der Waals surface area contributed by atoms with E-state index in [2.05, 4.69) is 15.6 Å². The molecule has 1 unspecified atom stereocenters. The number of nitrogens with zero attached hydrogens (tertiary/aromatic N) is 1. The zero-order chi connectivity index (χ0) is 12.1. The highest BCUT2D eigenvalue weighted by Gasteiger charge is 2.16. The van der Waals surface area contributed by atoms with Gasteiger partial charge in [0.1, 0.15) is 0 Å². The van der Waals surface area contributed by atoms with E-state index in [4.69, 9.17) is 0 Å². The number of rotatable bonds is 3. The maximum Gasteiger partial charge on any atom is 0.226 e. The van der Waals surface area contributed by atoms with E-state index in [9.17, 15) is 4.79 Å². The summed E-state index contributed by atoms with van der Waals surface area (Å²) in [5.74, 6) is 2.20. The van der Waals surface area contributed by atoms with Crippen LogP contribution in [0, 0.1) is 6.92 Å². The number of anilines is 1. The molecule has 1 aromatic rings. The van der Waals surface area contributed by atoms with Crippen molar-refractivity contribution in [2.45, 2.75) is 19.4 Å². The van der Waals surface area contributed by atoms with Gasteiger partial charge in [-0.05, 0) is 19.1 Å². The first-order valence-corrected chi connectivity index (χ1v) is 6.93. The van der Waals surface area contributed by atoms with Crippen molar-refractivity contribution in [3.8, 4) is 0 Å². The maximum atomic E-state index is 11.8. The molecule has 1 atom stereocenters. The molecule has 4 nitrogen and oxygen atoms in total. The number of halogens is 1. The summed E-state index contributed by atoms with van der Waals surface area (Å²) >= 11 is 1.90. The summed E-state index contributed by atoms with van der Waals surface area (Å²) in [5, 5.41) is 6.21. The maximum absolute atomic E-state index is 11.8. The van der Waals surface area contributed by atoms with E-state index in [1.165, 1.54) is 0 Å². The number of amides is 1. The molecule has 1 aliphatic rings. The van der Waals surface area contributed by atoms with Crippen LogP contribution >= 0.6 is 24.2 Å². The molecule has 1 aliphatic heterocycles. The molecule has 1 saturated heterocycles. The molecule has 0 aliphatic carbocycles. The Morgan fingerprint density at radius 3 is 3.06 bits per heavy atom. The minimum atomic E-state index is 0. The highest BCUT2D eigenvalue weighted by molar-refractivity contribution is 7.99. The van der Waals surface area contributed by atoms with Gasteiger partial charge in [0.15, 0.2) is 0 Å². The van der Waals surface area contributed by atoms with Crippen LogP contribution in [0.15, 0.2) is 18.3 Å². The van der Waals surface area contributed by atoms with Crippen LogP contribution in [0.3, 0.4) is 0 Å². The van der Waals surface area contributed by atoms with Crippen LogP contribution < -0.4 is 10.6 Å². The molecule has 2 heterocycles. The predicted octanol–water partition coefficient (Wildman–Crippen LogP) is 1.85. The van der Waals surface area contributed by atoms with Gasteiger partial charge in [-0.2, -0.15) is 11.8 Å². The number of pyridine rings is 1. The van der Waals surface area contributed by atoms with Crippen molar-refractivity contribution in [2.75, 3.05) is 23.4 Å². The highest BCUT2D eigenvalue weighted by atomic mass is 35.5. The number of carbonyl (C=O) groups is 1. The fraction of sp³-hybridized carbons (Fsp3) is 0.500. The molecular weight excluding hydrogens is 270 g/mol. The van der Waals surface area contributed by atoms with E-state index in [0.717, 1.165) is 29.4 Å². The van der Waals surface area contributed by atoms with E-state index in [1.54, 1.807) is 6.20 Å². The fourth-order valence-corrected chi connectivity index (χ4v) is 2.68. The summed E-state index contributed by atoms with van der Waals surface area (Å²) in [4.78, 5) is 15.9. The largest absolute Gasteiger partial charge is 0.325 e. The average Bonchev–Trinajstić information content (AvgIpc) is 2.33. The second-order valence-corrected chi connectivity index (χ2v) is 5.32. The number of nitrogens with one attached hydrogen (secondary N) is 2. The molecule has 0 bridgehead atoms. The van der Waals surface area contributed by atoms with Crippen molar-refractivity contribution in [3.63, 3.8) is 0 Å². The first kappa shape index (κ1) is 15.3. The van der Waals surface area contributed by atoms with Crippen LogP contribution in [0.25, 0.3) is 0 Å². The molecule has 0 spiro atoms. The monoisotopic (exact) mass is 287 g/mol. The van der Waals surface area contributed by atoms with Crippen LogP contribution in [0.4, 0.5) is 5.69 Å². The van der Waals surface area contributed by atoms with Crippen LogP contribution in [-0.4, -0.2) is 35.0 Å². The number of aromatic nitrogens is 1. The van der Waals surface area contributed by atoms with E-state index >= 15 is 0 Å². The van der Waals surface area contributed by atoms with Crippen molar-refractivity contribution >= 4 is 35.8 Å². The quantitative estimate of drug-likeness (QED) is 0.891. The number of aryl methyl sites for hydroxylation is 1. The lowest BCUT2D eigenvalue weighted by Gasteiger charge is -2.22. The second kappa shape index (κ2) is 7.61. The second-order valence-electron chi connectivity index (χ2n) is 4.17. The zero-order valence-electron chi connectivity index (χ0n) is 10.3. The molecule has 1 fully saturated rings. The van der Waals surface area contributed by atoms with Gasteiger partial charge in [0.05, 0.1) is 11.9 Å². The normalized spacial score (nSPS) is 18.8. The minimum Gasteiger partial charge on any atom is -0.325 e. The van der Waals surface area contributed by atoms with Gasteiger partial charge >= 0.3 is 0 Å². The Balaban J connectivity index is 0.00000162. The highest BCUT2D eigenvalue weighted by Crippen LogP contribution is 2.12. The van der Waals surface area contributed by atoms with Gasteiger partial charge in [-0.25, -0.2) is 0 Å². The smallest absolute Gasteiger partial charge is 0.226 e. The van der Waals surface area contributed by atoms with Crippen molar-refractivity contribution in [1.82, 2.24) is 10.3 Å². The molecule has 0 saturated carbocycles. The first-order valence-electron chi connectivity index (χ1n) is 5.77. The van der Waals surface area contributed by atoms with E-state index in [-0.39, 0.29) is 18.3 Å². The number of hydrogen-bond donors (Lipinski definition) is 2. The molecule has 0 aromatic carbocycles.